The monoisotopic (exact) mass is 419 g/mol. The Morgan fingerprint density at radius 3 is 2.56 bits per heavy atom. The van der Waals surface area contributed by atoms with E-state index in [1.54, 1.807) is 49.6 Å². The van der Waals surface area contributed by atoms with Crippen LogP contribution in [0, 0.1) is 0 Å². The van der Waals surface area contributed by atoms with Gasteiger partial charge in [0.2, 0.25) is 5.91 Å². The number of amides is 1. The second kappa shape index (κ2) is 9.08. The van der Waals surface area contributed by atoms with Crippen LogP contribution in [0.5, 0.6) is 5.75 Å². The summed E-state index contributed by atoms with van der Waals surface area (Å²) < 4.78 is 5.14. The van der Waals surface area contributed by atoms with Gasteiger partial charge in [-0.3, -0.25) is 9.69 Å². The maximum atomic E-state index is 12.2. The first-order chi connectivity index (χ1) is 13.1. The van der Waals surface area contributed by atoms with E-state index < -0.39 is 0 Å². The molecular formula is C19H15Cl2N3O2S. The van der Waals surface area contributed by atoms with E-state index in [0.29, 0.717) is 21.0 Å². The third kappa shape index (κ3) is 4.91. The Labute approximate surface area is 171 Å². The van der Waals surface area contributed by atoms with Gasteiger partial charge in [-0.05, 0) is 48.0 Å². The number of amidine groups is 1. The van der Waals surface area contributed by atoms with Gasteiger partial charge in [0.1, 0.15) is 5.75 Å². The Kier molecular flexibility index (Phi) is 6.55. The SMILES string of the molecule is COc1ccc(N2C(=O)CS/C2=N/N=C\C=C(\Cl)c2ccc(Cl)cc2)cc1. The van der Waals surface area contributed by atoms with Gasteiger partial charge in [0, 0.05) is 10.1 Å². The lowest BCUT2D eigenvalue weighted by Gasteiger charge is -2.15. The molecule has 1 aliphatic heterocycles. The summed E-state index contributed by atoms with van der Waals surface area (Å²) in [6.07, 6.45) is 3.12. The fourth-order valence-electron chi connectivity index (χ4n) is 2.31. The molecule has 1 amide bonds. The molecule has 0 bridgehead atoms. The topological polar surface area (TPSA) is 54.3 Å². The molecule has 0 atom stereocenters. The van der Waals surface area contributed by atoms with Gasteiger partial charge in [-0.1, -0.05) is 47.1 Å². The standard InChI is InChI=1S/C19H15Cl2N3O2S/c1-26-16-8-6-15(7-9-16)24-18(25)12-27-19(24)23-22-11-10-17(21)13-2-4-14(20)5-3-13/h2-11H,12H2,1H3/b17-10+,22-11-,23-19+. The van der Waals surface area contributed by atoms with Crippen LogP contribution in [0.25, 0.3) is 5.03 Å². The summed E-state index contributed by atoms with van der Waals surface area (Å²) in [5.74, 6) is 0.993. The smallest absolute Gasteiger partial charge is 0.243 e. The molecule has 1 aliphatic rings. The van der Waals surface area contributed by atoms with Crippen LogP contribution in [0.3, 0.4) is 0 Å². The van der Waals surface area contributed by atoms with Crippen molar-refractivity contribution in [2.45, 2.75) is 0 Å². The summed E-state index contributed by atoms with van der Waals surface area (Å²) in [6, 6.07) is 14.4. The number of anilines is 1. The van der Waals surface area contributed by atoms with Crippen molar-refractivity contribution in [3.8, 4) is 5.75 Å². The molecule has 2 aromatic carbocycles. The molecule has 1 fully saturated rings. The van der Waals surface area contributed by atoms with Gasteiger partial charge in [0.25, 0.3) is 0 Å². The Hall–Kier alpha value is -2.28. The predicted molar refractivity (Wildman–Crippen MR) is 114 cm³/mol. The number of rotatable bonds is 5. The second-order valence-electron chi connectivity index (χ2n) is 5.38. The number of allylic oxidation sites excluding steroid dienone is 1. The summed E-state index contributed by atoms with van der Waals surface area (Å²) in [5, 5.41) is 9.84. The predicted octanol–water partition coefficient (Wildman–Crippen LogP) is 5.05. The Morgan fingerprint density at radius 2 is 1.89 bits per heavy atom. The molecule has 27 heavy (non-hydrogen) atoms. The van der Waals surface area contributed by atoms with Crippen molar-refractivity contribution in [3.05, 3.63) is 65.2 Å². The molecule has 0 radical (unpaired) electrons. The number of carbonyl (C=O) groups is 1. The minimum absolute atomic E-state index is 0.0474. The zero-order valence-electron chi connectivity index (χ0n) is 14.3. The van der Waals surface area contributed by atoms with Crippen LogP contribution in [0.1, 0.15) is 5.56 Å². The van der Waals surface area contributed by atoms with Crippen LogP contribution in [0.4, 0.5) is 5.69 Å². The highest BCUT2D eigenvalue weighted by atomic mass is 35.5. The van der Waals surface area contributed by atoms with Crippen molar-refractivity contribution in [1.29, 1.82) is 0 Å². The molecule has 2 aromatic rings. The lowest BCUT2D eigenvalue weighted by atomic mass is 10.2. The molecule has 0 saturated carbocycles. The van der Waals surface area contributed by atoms with Gasteiger partial charge in [0.05, 0.1) is 24.8 Å². The third-order valence-corrected chi connectivity index (χ3v) is 5.16. The number of ether oxygens (including phenoxy) is 1. The van der Waals surface area contributed by atoms with E-state index in [0.717, 1.165) is 17.0 Å². The Balaban J connectivity index is 1.74. The summed E-state index contributed by atoms with van der Waals surface area (Å²) in [6.45, 7) is 0. The van der Waals surface area contributed by atoms with Gasteiger partial charge in [0.15, 0.2) is 5.17 Å². The zero-order valence-corrected chi connectivity index (χ0v) is 16.6. The number of hydrogen-bond acceptors (Lipinski definition) is 5. The summed E-state index contributed by atoms with van der Waals surface area (Å²) in [5.41, 5.74) is 1.54. The molecule has 8 heteroatoms. The Bertz CT molecular complexity index is 910. The van der Waals surface area contributed by atoms with Crippen LogP contribution in [-0.2, 0) is 4.79 Å². The van der Waals surface area contributed by atoms with E-state index in [1.807, 2.05) is 12.1 Å². The van der Waals surface area contributed by atoms with Crippen molar-refractivity contribution < 1.29 is 9.53 Å². The van der Waals surface area contributed by atoms with Gasteiger partial charge in [-0.15, -0.1) is 5.10 Å². The van der Waals surface area contributed by atoms with Crippen molar-refractivity contribution in [3.63, 3.8) is 0 Å². The average Bonchev–Trinajstić information content (AvgIpc) is 3.06. The number of nitrogens with zero attached hydrogens (tertiary/aromatic N) is 3. The summed E-state index contributed by atoms with van der Waals surface area (Å²) >= 11 is 13.4. The first kappa shape index (κ1) is 19.5. The number of benzene rings is 2. The summed E-state index contributed by atoms with van der Waals surface area (Å²) in [7, 11) is 1.59. The molecule has 138 valence electrons. The molecule has 1 heterocycles. The molecule has 0 unspecified atom stereocenters. The van der Waals surface area contributed by atoms with Crippen molar-refractivity contribution in [1.82, 2.24) is 0 Å². The second-order valence-corrected chi connectivity index (χ2v) is 7.17. The minimum atomic E-state index is -0.0474. The average molecular weight is 420 g/mol. The quantitative estimate of drug-likeness (QED) is 0.503. The zero-order chi connectivity index (χ0) is 19.2. The Morgan fingerprint density at radius 1 is 1.19 bits per heavy atom. The van der Waals surface area contributed by atoms with Crippen LogP contribution in [0.15, 0.2) is 64.8 Å². The van der Waals surface area contributed by atoms with E-state index in [2.05, 4.69) is 10.2 Å². The molecule has 1 saturated heterocycles. The third-order valence-electron chi connectivity index (χ3n) is 3.65. The highest BCUT2D eigenvalue weighted by Crippen LogP contribution is 2.28. The molecule has 0 spiro atoms. The van der Waals surface area contributed by atoms with Crippen molar-refractivity contribution in [2.24, 2.45) is 10.2 Å². The first-order valence-electron chi connectivity index (χ1n) is 7.91. The normalized spacial score (nSPS) is 16.6. The maximum Gasteiger partial charge on any atom is 0.243 e. The van der Waals surface area contributed by atoms with Gasteiger partial charge >= 0.3 is 0 Å². The number of thioether (sulfide) groups is 1. The number of hydrogen-bond donors (Lipinski definition) is 0. The van der Waals surface area contributed by atoms with Crippen LogP contribution in [-0.4, -0.2) is 30.2 Å². The van der Waals surface area contributed by atoms with E-state index in [4.69, 9.17) is 27.9 Å². The van der Waals surface area contributed by atoms with Crippen LogP contribution < -0.4 is 9.64 Å². The fraction of sp³-hybridized carbons (Fsp3) is 0.105. The van der Waals surface area contributed by atoms with Crippen molar-refractivity contribution >= 4 is 63.0 Å². The van der Waals surface area contributed by atoms with E-state index in [9.17, 15) is 4.79 Å². The van der Waals surface area contributed by atoms with Gasteiger partial charge < -0.3 is 4.74 Å². The van der Waals surface area contributed by atoms with Crippen molar-refractivity contribution in [2.75, 3.05) is 17.8 Å². The molecule has 0 N–H and O–H groups in total. The van der Waals surface area contributed by atoms with E-state index >= 15 is 0 Å². The molecule has 0 aromatic heterocycles. The fourth-order valence-corrected chi connectivity index (χ4v) is 3.44. The number of carbonyl (C=O) groups excluding carboxylic acids is 1. The lowest BCUT2D eigenvalue weighted by Crippen LogP contribution is -2.28. The minimum Gasteiger partial charge on any atom is -0.497 e. The molecule has 3 rings (SSSR count). The highest BCUT2D eigenvalue weighted by molar-refractivity contribution is 8.15. The first-order valence-corrected chi connectivity index (χ1v) is 9.65. The van der Waals surface area contributed by atoms with Crippen LogP contribution >= 0.6 is 35.0 Å². The number of halogens is 2. The molecule has 0 aliphatic carbocycles. The van der Waals surface area contributed by atoms with E-state index in [-0.39, 0.29) is 5.91 Å². The molecular weight excluding hydrogens is 405 g/mol. The largest absolute Gasteiger partial charge is 0.497 e. The van der Waals surface area contributed by atoms with Gasteiger partial charge in [-0.25, -0.2) is 0 Å². The van der Waals surface area contributed by atoms with Gasteiger partial charge in [-0.2, -0.15) is 5.10 Å². The molecule has 5 nitrogen and oxygen atoms in total. The number of methoxy groups -OCH3 is 1. The highest BCUT2D eigenvalue weighted by Gasteiger charge is 2.29. The lowest BCUT2D eigenvalue weighted by molar-refractivity contribution is -0.115. The van der Waals surface area contributed by atoms with Crippen LogP contribution in [0.2, 0.25) is 5.02 Å². The maximum absolute atomic E-state index is 12.2. The summed E-state index contributed by atoms with van der Waals surface area (Å²) in [4.78, 5) is 13.7. The van der Waals surface area contributed by atoms with E-state index in [1.165, 1.54) is 22.9 Å².